The van der Waals surface area contributed by atoms with Crippen LogP contribution in [0, 0.1) is 0 Å². The third-order valence-corrected chi connectivity index (χ3v) is 7.08. The molecule has 8 nitrogen and oxygen atoms in total. The maximum Gasteiger partial charge on any atom is 0.318 e. The molecule has 0 aliphatic carbocycles. The first-order valence-corrected chi connectivity index (χ1v) is 12.0. The third kappa shape index (κ3) is 4.64. The molecule has 2 aromatic rings. The molecule has 4 rings (SSSR count). The maximum atomic E-state index is 14.9. The fourth-order valence-corrected chi connectivity index (χ4v) is 4.81. The number of halogens is 3. The summed E-state index contributed by atoms with van der Waals surface area (Å²) in [5.41, 5.74) is 0.995. The van der Waals surface area contributed by atoms with E-state index in [9.17, 15) is 22.0 Å². The van der Waals surface area contributed by atoms with Crippen molar-refractivity contribution in [2.24, 2.45) is 0 Å². The average Bonchev–Trinajstić information content (AvgIpc) is 2.98. The summed E-state index contributed by atoms with van der Waals surface area (Å²) in [6, 6.07) is 6.15. The van der Waals surface area contributed by atoms with Crippen molar-refractivity contribution in [3.8, 4) is 11.6 Å². The molecule has 0 saturated carbocycles. The minimum absolute atomic E-state index is 0.0180. The zero-order valence-electron chi connectivity index (χ0n) is 17.0. The van der Waals surface area contributed by atoms with Crippen molar-refractivity contribution in [1.82, 2.24) is 19.9 Å². The maximum absolute atomic E-state index is 14.9. The van der Waals surface area contributed by atoms with E-state index in [-0.39, 0.29) is 29.6 Å². The van der Waals surface area contributed by atoms with Gasteiger partial charge in [0.2, 0.25) is 15.9 Å². The Labute approximate surface area is 189 Å². The van der Waals surface area contributed by atoms with Crippen molar-refractivity contribution in [3.63, 3.8) is 0 Å². The summed E-state index contributed by atoms with van der Waals surface area (Å²) >= 11 is 6.17. The number of aromatic nitrogens is 1. The van der Waals surface area contributed by atoms with Crippen LogP contribution in [-0.4, -0.2) is 54.6 Å². The van der Waals surface area contributed by atoms with E-state index in [1.807, 2.05) is 0 Å². The van der Waals surface area contributed by atoms with Crippen LogP contribution in [0.2, 0.25) is 5.02 Å². The van der Waals surface area contributed by atoms with Crippen LogP contribution < -0.4 is 14.8 Å². The molecule has 0 unspecified atom stereocenters. The number of nitrogens with one attached hydrogen (secondary N) is 2. The van der Waals surface area contributed by atoms with Gasteiger partial charge in [0, 0.05) is 0 Å². The molecule has 1 aromatic carbocycles. The van der Waals surface area contributed by atoms with Crippen LogP contribution in [0.15, 0.2) is 36.4 Å². The first-order valence-electron chi connectivity index (χ1n) is 9.92. The second kappa shape index (κ2) is 8.45. The highest BCUT2D eigenvalue weighted by Gasteiger charge is 2.57. The number of carbonyl (C=O) groups excluding carboxylic acids is 1. The number of carbonyl (C=O) groups is 1. The van der Waals surface area contributed by atoms with Gasteiger partial charge in [0.1, 0.15) is 16.8 Å². The van der Waals surface area contributed by atoms with Gasteiger partial charge in [-0.2, -0.15) is 0 Å². The van der Waals surface area contributed by atoms with Crippen LogP contribution in [-0.2, 0) is 23.0 Å². The smallest absolute Gasteiger partial charge is 0.318 e. The zero-order valence-corrected chi connectivity index (χ0v) is 18.6. The summed E-state index contributed by atoms with van der Waals surface area (Å²) in [7, 11) is -3.95. The summed E-state index contributed by atoms with van der Waals surface area (Å²) in [5, 5.41) is 2.85. The Morgan fingerprint density at radius 2 is 2.12 bits per heavy atom. The minimum Gasteiger partial charge on any atom is -0.438 e. The van der Waals surface area contributed by atoms with E-state index in [4.69, 9.17) is 16.3 Å². The van der Waals surface area contributed by atoms with Gasteiger partial charge in [-0.25, -0.2) is 31.7 Å². The molecule has 1 saturated heterocycles. The second-order valence-electron chi connectivity index (χ2n) is 7.66. The Kier molecular flexibility index (Phi) is 5.99. The Bertz CT molecular complexity index is 1150. The highest BCUT2D eigenvalue weighted by atomic mass is 35.5. The molecule has 172 valence electrons. The lowest BCUT2D eigenvalue weighted by Crippen LogP contribution is -2.53. The van der Waals surface area contributed by atoms with Crippen LogP contribution in [0.5, 0.6) is 11.6 Å². The lowest BCUT2D eigenvalue weighted by atomic mass is 9.99. The van der Waals surface area contributed by atoms with Gasteiger partial charge in [-0.15, -0.1) is 0 Å². The number of pyridine rings is 1. The molecule has 4 bridgehead atoms. The molecule has 1 aromatic heterocycles. The van der Waals surface area contributed by atoms with Gasteiger partial charge in [0.05, 0.1) is 30.6 Å². The molecule has 0 radical (unpaired) electrons. The number of alkyl halides is 2. The van der Waals surface area contributed by atoms with E-state index in [0.29, 0.717) is 17.0 Å². The predicted molar refractivity (Wildman–Crippen MR) is 114 cm³/mol. The largest absolute Gasteiger partial charge is 0.438 e. The van der Waals surface area contributed by atoms with Crippen LogP contribution in [0.4, 0.5) is 13.6 Å². The van der Waals surface area contributed by atoms with Crippen molar-refractivity contribution in [1.29, 1.82) is 0 Å². The van der Waals surface area contributed by atoms with Gasteiger partial charge in [-0.05, 0) is 43.2 Å². The first kappa shape index (κ1) is 22.7. The van der Waals surface area contributed by atoms with Gasteiger partial charge in [0.15, 0.2) is 0 Å². The number of fused-ring (bicyclic) bond motifs is 5. The van der Waals surface area contributed by atoms with E-state index < -0.39 is 40.6 Å². The number of hydrogen-bond donors (Lipinski definition) is 2. The summed E-state index contributed by atoms with van der Waals surface area (Å²) in [6.45, 7) is 0.386. The highest BCUT2D eigenvalue weighted by Crippen LogP contribution is 2.36. The van der Waals surface area contributed by atoms with Crippen molar-refractivity contribution >= 4 is 27.7 Å². The molecule has 2 aliphatic heterocycles. The molecule has 0 spiro atoms. The minimum atomic E-state index is -3.95. The monoisotopic (exact) mass is 486 g/mol. The number of rotatable bonds is 3. The summed E-state index contributed by atoms with van der Waals surface area (Å²) < 4.78 is 62.0. The SMILES string of the molecule is CCS(=O)(=O)N[C@@H]1[C@@H]2Cc3cccc(c3)Oc3nc(ccc3Cl)CNC(=O)N2CC1(F)F. The number of nitrogens with zero attached hydrogens (tertiary/aromatic N) is 2. The van der Waals surface area contributed by atoms with Gasteiger partial charge < -0.3 is 15.0 Å². The number of amides is 2. The third-order valence-electron chi connectivity index (χ3n) is 5.42. The van der Waals surface area contributed by atoms with Crippen LogP contribution in [0.3, 0.4) is 0 Å². The molecule has 1 fully saturated rings. The van der Waals surface area contributed by atoms with Crippen molar-refractivity contribution in [3.05, 3.63) is 52.7 Å². The number of benzene rings is 1. The molecule has 12 heteroatoms. The van der Waals surface area contributed by atoms with Crippen molar-refractivity contribution < 1.29 is 26.7 Å². The molecule has 32 heavy (non-hydrogen) atoms. The zero-order chi connectivity index (χ0) is 23.1. The molecular weight excluding hydrogens is 466 g/mol. The fraction of sp³-hybridized carbons (Fsp3) is 0.400. The van der Waals surface area contributed by atoms with E-state index in [1.165, 1.54) is 6.92 Å². The van der Waals surface area contributed by atoms with E-state index in [0.717, 1.165) is 4.90 Å². The van der Waals surface area contributed by atoms with Crippen LogP contribution in [0.25, 0.3) is 0 Å². The summed E-state index contributed by atoms with van der Waals surface area (Å²) in [5.74, 6) is -3.28. The highest BCUT2D eigenvalue weighted by molar-refractivity contribution is 7.89. The number of sulfonamides is 1. The second-order valence-corrected chi connectivity index (χ2v) is 10.1. The number of hydrogen-bond acceptors (Lipinski definition) is 5. The summed E-state index contributed by atoms with van der Waals surface area (Å²) in [4.78, 5) is 18.1. The van der Waals surface area contributed by atoms with Crippen molar-refractivity contribution in [2.45, 2.75) is 37.9 Å². The van der Waals surface area contributed by atoms with Gasteiger partial charge in [-0.3, -0.25) is 0 Å². The quantitative estimate of drug-likeness (QED) is 0.694. The number of ether oxygens (including phenoxy) is 1. The summed E-state index contributed by atoms with van der Waals surface area (Å²) in [6.07, 6.45) is -0.0180. The Morgan fingerprint density at radius 1 is 1.34 bits per heavy atom. The lowest BCUT2D eigenvalue weighted by molar-refractivity contribution is -0.00454. The molecule has 2 atom stereocenters. The predicted octanol–water partition coefficient (Wildman–Crippen LogP) is 2.92. The fourth-order valence-electron chi connectivity index (χ4n) is 3.78. The normalized spacial score (nSPS) is 22.6. The first-order chi connectivity index (χ1) is 15.1. The van der Waals surface area contributed by atoms with Crippen LogP contribution >= 0.6 is 11.6 Å². The van der Waals surface area contributed by atoms with Gasteiger partial charge in [-0.1, -0.05) is 23.7 Å². The molecule has 3 heterocycles. The van der Waals surface area contributed by atoms with Crippen molar-refractivity contribution in [2.75, 3.05) is 12.3 Å². The number of urea groups is 1. The topological polar surface area (TPSA) is 101 Å². The van der Waals surface area contributed by atoms with E-state index in [1.54, 1.807) is 36.4 Å². The van der Waals surface area contributed by atoms with E-state index >= 15 is 0 Å². The molecule has 2 amide bonds. The molecular formula is C20H21ClF2N4O4S. The van der Waals surface area contributed by atoms with Gasteiger partial charge in [0.25, 0.3) is 5.92 Å². The molecule has 2 aliphatic rings. The molecule has 2 N–H and O–H groups in total. The van der Waals surface area contributed by atoms with Gasteiger partial charge >= 0.3 is 6.03 Å². The van der Waals surface area contributed by atoms with Crippen LogP contribution in [0.1, 0.15) is 18.2 Å². The Morgan fingerprint density at radius 3 is 2.88 bits per heavy atom. The standard InChI is InChI=1S/C20H21ClF2N4O4S/c1-2-32(29,30)26-17-16-9-12-4-3-5-14(8-12)31-18-15(21)7-6-13(25-18)10-24-19(28)27(16)11-20(17,22)23/h3-8,16-17,26H,2,9-11H2,1H3,(H,24,28)/t16-,17+/m0/s1. The van der Waals surface area contributed by atoms with E-state index in [2.05, 4.69) is 15.0 Å². The Hall–Kier alpha value is -2.50. The lowest BCUT2D eigenvalue weighted by Gasteiger charge is -2.28. The Balaban J connectivity index is 1.76. The average molecular weight is 487 g/mol.